The number of aryl methyl sites for hydroxylation is 1. The Morgan fingerprint density at radius 3 is 2.71 bits per heavy atom. The van der Waals surface area contributed by atoms with Crippen molar-refractivity contribution < 1.29 is 9.66 Å². The topological polar surface area (TPSA) is 52.4 Å². The normalized spacial score (nSPS) is 10.2. The van der Waals surface area contributed by atoms with Gasteiger partial charge in [0.1, 0.15) is 0 Å². The highest BCUT2D eigenvalue weighted by atomic mass is 16.6. The first-order valence-corrected chi connectivity index (χ1v) is 6.03. The summed E-state index contributed by atoms with van der Waals surface area (Å²) in [4.78, 5) is 10.5. The summed E-state index contributed by atoms with van der Waals surface area (Å²) in [5.41, 5.74) is 0.726. The van der Waals surface area contributed by atoms with Crippen molar-refractivity contribution >= 4 is 5.69 Å². The molecular weight excluding hydrogens is 218 g/mol. The molecule has 0 saturated heterocycles. The summed E-state index contributed by atoms with van der Waals surface area (Å²) < 4.78 is 5.48. The fourth-order valence-corrected chi connectivity index (χ4v) is 1.69. The van der Waals surface area contributed by atoms with E-state index < -0.39 is 0 Å². The number of nitro groups is 1. The van der Waals surface area contributed by atoms with E-state index in [2.05, 4.69) is 6.92 Å². The van der Waals surface area contributed by atoms with Gasteiger partial charge in [0.25, 0.3) is 0 Å². The van der Waals surface area contributed by atoms with Gasteiger partial charge in [-0.2, -0.15) is 0 Å². The van der Waals surface area contributed by atoms with Crippen molar-refractivity contribution in [2.24, 2.45) is 0 Å². The third-order valence-electron chi connectivity index (χ3n) is 2.64. The van der Waals surface area contributed by atoms with Crippen LogP contribution < -0.4 is 4.74 Å². The summed E-state index contributed by atoms with van der Waals surface area (Å²) in [5, 5.41) is 10.9. The van der Waals surface area contributed by atoms with E-state index in [0.717, 1.165) is 12.8 Å². The lowest BCUT2D eigenvalue weighted by Gasteiger charge is -2.07. The molecule has 0 amide bonds. The average molecular weight is 237 g/mol. The predicted molar refractivity (Wildman–Crippen MR) is 67.5 cm³/mol. The summed E-state index contributed by atoms with van der Waals surface area (Å²) >= 11 is 0. The van der Waals surface area contributed by atoms with E-state index in [1.807, 2.05) is 0 Å². The van der Waals surface area contributed by atoms with Gasteiger partial charge in [0, 0.05) is 5.56 Å². The molecule has 1 rings (SSSR count). The molecule has 1 aromatic rings. The lowest BCUT2D eigenvalue weighted by Crippen LogP contribution is -2.01. The minimum atomic E-state index is -0.378. The average Bonchev–Trinajstić information content (AvgIpc) is 2.28. The second kappa shape index (κ2) is 6.89. The lowest BCUT2D eigenvalue weighted by atomic mass is 10.2. The third kappa shape index (κ3) is 4.06. The Kier molecular flexibility index (Phi) is 5.46. The Morgan fingerprint density at radius 2 is 2.06 bits per heavy atom. The summed E-state index contributed by atoms with van der Waals surface area (Å²) in [5.74, 6) is 0.381. The molecule has 0 atom stereocenters. The molecule has 0 heterocycles. The van der Waals surface area contributed by atoms with Crippen LogP contribution in [0.3, 0.4) is 0 Å². The van der Waals surface area contributed by atoms with E-state index in [0.29, 0.717) is 17.9 Å². The van der Waals surface area contributed by atoms with Crippen molar-refractivity contribution in [2.75, 3.05) is 6.61 Å². The molecule has 0 bridgehead atoms. The number of nitro benzene ring substituents is 1. The first-order valence-electron chi connectivity index (χ1n) is 6.03. The molecule has 4 heteroatoms. The Labute approximate surface area is 102 Å². The van der Waals surface area contributed by atoms with Crippen LogP contribution in [0, 0.1) is 17.0 Å². The van der Waals surface area contributed by atoms with Crippen molar-refractivity contribution in [2.45, 2.75) is 39.5 Å². The number of hydrogen-bond acceptors (Lipinski definition) is 3. The highest BCUT2D eigenvalue weighted by Gasteiger charge is 2.17. The Balaban J connectivity index is 2.58. The number of ether oxygens (including phenoxy) is 1. The maximum absolute atomic E-state index is 10.9. The monoisotopic (exact) mass is 237 g/mol. The van der Waals surface area contributed by atoms with Gasteiger partial charge >= 0.3 is 5.69 Å². The Morgan fingerprint density at radius 1 is 1.29 bits per heavy atom. The molecule has 0 aliphatic rings. The molecule has 4 nitrogen and oxygen atoms in total. The second-order valence-corrected chi connectivity index (χ2v) is 4.09. The minimum Gasteiger partial charge on any atom is -0.487 e. The van der Waals surface area contributed by atoms with Crippen LogP contribution in [0.4, 0.5) is 5.69 Å². The predicted octanol–water partition coefficient (Wildman–Crippen LogP) is 3.86. The standard InChI is InChI=1S/C13H19NO3/c1-3-4-5-6-10-17-12-9-7-8-11(2)13(12)14(15)16/h7-9H,3-6,10H2,1-2H3. The highest BCUT2D eigenvalue weighted by Crippen LogP contribution is 2.30. The number of benzene rings is 1. The van der Waals surface area contributed by atoms with Crippen LogP contribution in [-0.4, -0.2) is 11.5 Å². The maximum Gasteiger partial charge on any atom is 0.313 e. The molecule has 0 fully saturated rings. The van der Waals surface area contributed by atoms with Gasteiger partial charge in [-0.05, 0) is 19.4 Å². The largest absolute Gasteiger partial charge is 0.487 e. The van der Waals surface area contributed by atoms with E-state index in [-0.39, 0.29) is 10.6 Å². The number of para-hydroxylation sites is 1. The summed E-state index contributed by atoms with van der Waals surface area (Å²) in [6.07, 6.45) is 4.40. The van der Waals surface area contributed by atoms with Crippen molar-refractivity contribution in [3.8, 4) is 5.75 Å². The van der Waals surface area contributed by atoms with Crippen molar-refractivity contribution in [3.05, 3.63) is 33.9 Å². The zero-order valence-electron chi connectivity index (χ0n) is 10.4. The highest BCUT2D eigenvalue weighted by molar-refractivity contribution is 5.51. The van der Waals surface area contributed by atoms with Crippen LogP contribution in [-0.2, 0) is 0 Å². The van der Waals surface area contributed by atoms with E-state index in [4.69, 9.17) is 4.74 Å². The molecular formula is C13H19NO3. The molecule has 0 radical (unpaired) electrons. The number of nitrogens with zero attached hydrogens (tertiary/aromatic N) is 1. The first-order chi connectivity index (χ1) is 8.16. The van der Waals surface area contributed by atoms with Gasteiger partial charge in [-0.1, -0.05) is 38.3 Å². The molecule has 0 aliphatic carbocycles. The van der Waals surface area contributed by atoms with Gasteiger partial charge in [-0.25, -0.2) is 0 Å². The first kappa shape index (κ1) is 13.5. The molecule has 0 spiro atoms. The third-order valence-corrected chi connectivity index (χ3v) is 2.64. The molecule has 1 aromatic carbocycles. The van der Waals surface area contributed by atoms with E-state index >= 15 is 0 Å². The summed E-state index contributed by atoms with van der Waals surface area (Å²) in [6, 6.07) is 5.16. The van der Waals surface area contributed by atoms with Gasteiger partial charge in [-0.15, -0.1) is 0 Å². The fourth-order valence-electron chi connectivity index (χ4n) is 1.69. The van der Waals surface area contributed by atoms with E-state index in [1.54, 1.807) is 25.1 Å². The lowest BCUT2D eigenvalue weighted by molar-refractivity contribution is -0.386. The van der Waals surface area contributed by atoms with Gasteiger partial charge in [-0.3, -0.25) is 10.1 Å². The second-order valence-electron chi connectivity index (χ2n) is 4.09. The van der Waals surface area contributed by atoms with E-state index in [9.17, 15) is 10.1 Å². The van der Waals surface area contributed by atoms with Crippen LogP contribution in [0.5, 0.6) is 5.75 Å². The molecule has 0 saturated carbocycles. The summed E-state index contributed by atoms with van der Waals surface area (Å²) in [6.45, 7) is 4.42. The molecule has 0 aliphatic heterocycles. The van der Waals surface area contributed by atoms with Crippen LogP contribution in [0.2, 0.25) is 0 Å². The zero-order valence-corrected chi connectivity index (χ0v) is 10.4. The van der Waals surface area contributed by atoms with Crippen LogP contribution in [0.1, 0.15) is 38.2 Å². The fraction of sp³-hybridized carbons (Fsp3) is 0.538. The number of hydrogen-bond donors (Lipinski definition) is 0. The van der Waals surface area contributed by atoms with Gasteiger partial charge < -0.3 is 4.74 Å². The van der Waals surface area contributed by atoms with Gasteiger partial charge in [0.05, 0.1) is 11.5 Å². The number of unbranched alkanes of at least 4 members (excludes halogenated alkanes) is 3. The van der Waals surface area contributed by atoms with E-state index in [1.165, 1.54) is 12.8 Å². The molecule has 0 unspecified atom stereocenters. The summed E-state index contributed by atoms with van der Waals surface area (Å²) in [7, 11) is 0. The molecule has 0 N–H and O–H groups in total. The minimum absolute atomic E-state index is 0.0861. The molecule has 94 valence electrons. The maximum atomic E-state index is 10.9. The Bertz CT molecular complexity index is 377. The van der Waals surface area contributed by atoms with Crippen LogP contribution in [0.15, 0.2) is 18.2 Å². The van der Waals surface area contributed by atoms with Crippen molar-refractivity contribution in [3.63, 3.8) is 0 Å². The SMILES string of the molecule is CCCCCCOc1cccc(C)c1[N+](=O)[O-]. The molecule has 17 heavy (non-hydrogen) atoms. The van der Waals surface area contributed by atoms with Crippen LogP contribution in [0.25, 0.3) is 0 Å². The zero-order chi connectivity index (χ0) is 12.7. The van der Waals surface area contributed by atoms with Gasteiger partial charge in [0.15, 0.2) is 5.75 Å². The van der Waals surface area contributed by atoms with Crippen molar-refractivity contribution in [1.29, 1.82) is 0 Å². The quantitative estimate of drug-likeness (QED) is 0.411. The van der Waals surface area contributed by atoms with Crippen molar-refractivity contribution in [1.82, 2.24) is 0 Å². The Hall–Kier alpha value is -1.58. The van der Waals surface area contributed by atoms with Crippen LogP contribution >= 0.6 is 0 Å². The molecule has 0 aromatic heterocycles. The number of rotatable bonds is 7. The van der Waals surface area contributed by atoms with Gasteiger partial charge in [0.2, 0.25) is 0 Å². The smallest absolute Gasteiger partial charge is 0.313 e.